The lowest BCUT2D eigenvalue weighted by Gasteiger charge is -2.23. The van der Waals surface area contributed by atoms with Gasteiger partial charge < -0.3 is 15.2 Å². The van der Waals surface area contributed by atoms with Crippen LogP contribution in [0.25, 0.3) is 0 Å². The number of carbonyl (C=O) groups excluding carboxylic acids is 1. The number of sulfonamides is 1. The van der Waals surface area contributed by atoms with Crippen molar-refractivity contribution in [2.24, 2.45) is 0 Å². The molecular formula is C17H16N2O6S. The van der Waals surface area contributed by atoms with E-state index in [4.69, 9.17) is 9.84 Å². The number of benzene rings is 2. The Hall–Kier alpha value is -2.91. The standard InChI is InChI=1S/C17H16N2O6S/c1-10-16(20)19-14-8-13(6-7-15(14)25-10)26(23,24)18-9-11-2-4-12(5-3-11)17(21)22/h2-8,10,18H,9H2,1H3,(H,19,20)(H,21,22)/t10-/m1/s1. The van der Waals surface area contributed by atoms with Gasteiger partial charge in [-0.15, -0.1) is 0 Å². The number of carbonyl (C=O) groups is 2. The van der Waals surface area contributed by atoms with Crippen molar-refractivity contribution in [3.63, 3.8) is 0 Å². The average molecular weight is 376 g/mol. The molecule has 3 N–H and O–H groups in total. The van der Waals surface area contributed by atoms with Crippen LogP contribution in [0.2, 0.25) is 0 Å². The summed E-state index contributed by atoms with van der Waals surface area (Å²) in [6.45, 7) is 1.60. The molecule has 0 saturated heterocycles. The molecule has 3 rings (SSSR count). The van der Waals surface area contributed by atoms with Gasteiger partial charge in [0.25, 0.3) is 5.91 Å². The number of fused-ring (bicyclic) bond motifs is 1. The quantitative estimate of drug-likeness (QED) is 0.728. The first-order valence-corrected chi connectivity index (χ1v) is 9.18. The molecule has 1 atom stereocenters. The number of carboxylic acids is 1. The topological polar surface area (TPSA) is 122 Å². The highest BCUT2D eigenvalue weighted by Crippen LogP contribution is 2.31. The smallest absolute Gasteiger partial charge is 0.335 e. The third-order valence-corrected chi connectivity index (χ3v) is 5.26. The molecule has 0 unspecified atom stereocenters. The SMILES string of the molecule is C[C@H]1Oc2ccc(S(=O)(=O)NCc3ccc(C(=O)O)cc3)cc2NC1=O. The molecule has 1 aliphatic heterocycles. The molecule has 2 aromatic rings. The van der Waals surface area contributed by atoms with Crippen LogP contribution in [-0.4, -0.2) is 31.5 Å². The van der Waals surface area contributed by atoms with Gasteiger partial charge in [-0.3, -0.25) is 4.79 Å². The molecule has 1 heterocycles. The second-order valence-electron chi connectivity index (χ2n) is 5.73. The molecule has 1 aliphatic rings. The van der Waals surface area contributed by atoms with Gasteiger partial charge in [-0.1, -0.05) is 12.1 Å². The normalized spacial score (nSPS) is 16.3. The van der Waals surface area contributed by atoms with E-state index in [1.807, 2.05) is 0 Å². The van der Waals surface area contributed by atoms with Gasteiger partial charge in [-0.05, 0) is 42.8 Å². The Labute approximate surface area is 149 Å². The number of hydrogen-bond donors (Lipinski definition) is 3. The van der Waals surface area contributed by atoms with Crippen molar-refractivity contribution in [3.8, 4) is 5.75 Å². The van der Waals surface area contributed by atoms with Crippen LogP contribution in [0, 0.1) is 0 Å². The summed E-state index contributed by atoms with van der Waals surface area (Å²) in [6.07, 6.45) is -0.642. The second-order valence-corrected chi connectivity index (χ2v) is 7.50. The number of carboxylic acid groups (broad SMARTS) is 1. The fourth-order valence-electron chi connectivity index (χ4n) is 2.38. The van der Waals surface area contributed by atoms with Gasteiger partial charge in [-0.2, -0.15) is 0 Å². The highest BCUT2D eigenvalue weighted by atomic mass is 32.2. The maximum atomic E-state index is 12.5. The zero-order valence-corrected chi connectivity index (χ0v) is 14.5. The first-order valence-electron chi connectivity index (χ1n) is 7.70. The average Bonchev–Trinajstić information content (AvgIpc) is 2.61. The van der Waals surface area contributed by atoms with Gasteiger partial charge in [0.1, 0.15) is 5.75 Å². The molecule has 0 aromatic heterocycles. The van der Waals surface area contributed by atoms with Gasteiger partial charge in [0.15, 0.2) is 6.10 Å². The van der Waals surface area contributed by atoms with Gasteiger partial charge in [0, 0.05) is 6.54 Å². The summed E-state index contributed by atoms with van der Waals surface area (Å²) in [5, 5.41) is 11.5. The number of rotatable bonds is 5. The van der Waals surface area contributed by atoms with Crippen molar-refractivity contribution in [2.45, 2.75) is 24.5 Å². The summed E-state index contributed by atoms with van der Waals surface area (Å²) in [5.74, 6) is -0.997. The van der Waals surface area contributed by atoms with Crippen molar-refractivity contribution in [2.75, 3.05) is 5.32 Å². The van der Waals surface area contributed by atoms with Crippen LogP contribution in [0.3, 0.4) is 0 Å². The highest BCUT2D eigenvalue weighted by molar-refractivity contribution is 7.89. The maximum absolute atomic E-state index is 12.5. The minimum Gasteiger partial charge on any atom is -0.479 e. The Kier molecular flexibility index (Phi) is 4.66. The largest absolute Gasteiger partial charge is 0.479 e. The monoisotopic (exact) mass is 376 g/mol. The van der Waals surface area contributed by atoms with Crippen molar-refractivity contribution >= 4 is 27.6 Å². The van der Waals surface area contributed by atoms with Crippen LogP contribution in [0.1, 0.15) is 22.8 Å². The van der Waals surface area contributed by atoms with Crippen molar-refractivity contribution < 1.29 is 27.9 Å². The molecule has 26 heavy (non-hydrogen) atoms. The minimum atomic E-state index is -3.82. The third kappa shape index (κ3) is 3.68. The number of amides is 1. The maximum Gasteiger partial charge on any atom is 0.335 e. The lowest BCUT2D eigenvalue weighted by atomic mass is 10.1. The number of ether oxygens (including phenoxy) is 1. The highest BCUT2D eigenvalue weighted by Gasteiger charge is 2.25. The van der Waals surface area contributed by atoms with Crippen molar-refractivity contribution in [1.29, 1.82) is 0 Å². The van der Waals surface area contributed by atoms with Crippen LogP contribution >= 0.6 is 0 Å². The van der Waals surface area contributed by atoms with Crippen molar-refractivity contribution in [1.82, 2.24) is 4.72 Å². The Bertz CT molecular complexity index is 969. The predicted octanol–water partition coefficient (Wildman–Crippen LogP) is 1.58. The molecule has 0 bridgehead atoms. The first-order chi connectivity index (χ1) is 12.3. The predicted molar refractivity (Wildman–Crippen MR) is 92.6 cm³/mol. The van der Waals surface area contributed by atoms with E-state index in [1.165, 1.54) is 42.5 Å². The summed E-state index contributed by atoms with van der Waals surface area (Å²) < 4.78 is 32.7. The van der Waals surface area contributed by atoms with E-state index in [1.54, 1.807) is 6.92 Å². The Morgan fingerprint density at radius 2 is 1.92 bits per heavy atom. The number of hydrogen-bond acceptors (Lipinski definition) is 5. The summed E-state index contributed by atoms with van der Waals surface area (Å²) >= 11 is 0. The Balaban J connectivity index is 1.75. The van der Waals surface area contributed by atoms with E-state index in [2.05, 4.69) is 10.0 Å². The summed E-state index contributed by atoms with van der Waals surface area (Å²) in [7, 11) is -3.82. The van der Waals surface area contributed by atoms with E-state index >= 15 is 0 Å². The molecule has 0 aliphatic carbocycles. The number of aromatic carboxylic acids is 1. The molecule has 9 heteroatoms. The molecular weight excluding hydrogens is 360 g/mol. The molecule has 0 fully saturated rings. The summed E-state index contributed by atoms with van der Waals surface area (Å²) in [5.41, 5.74) is 1.03. The Morgan fingerprint density at radius 1 is 1.23 bits per heavy atom. The number of anilines is 1. The zero-order chi connectivity index (χ0) is 18.9. The molecule has 8 nitrogen and oxygen atoms in total. The summed E-state index contributed by atoms with van der Waals surface area (Å²) in [4.78, 5) is 22.5. The van der Waals surface area contributed by atoms with E-state index in [9.17, 15) is 18.0 Å². The molecule has 0 radical (unpaired) electrons. The van der Waals surface area contributed by atoms with Crippen LogP contribution < -0.4 is 14.8 Å². The third-order valence-electron chi connectivity index (χ3n) is 3.86. The van der Waals surface area contributed by atoms with Gasteiger partial charge >= 0.3 is 5.97 Å². The fraction of sp³-hybridized carbons (Fsp3) is 0.176. The van der Waals surface area contributed by atoms with E-state index in [0.717, 1.165) is 0 Å². The van der Waals surface area contributed by atoms with E-state index < -0.39 is 22.1 Å². The molecule has 1 amide bonds. The molecule has 136 valence electrons. The first kappa shape index (κ1) is 17.9. The van der Waals surface area contributed by atoms with Gasteiger partial charge in [0.05, 0.1) is 16.1 Å². The summed E-state index contributed by atoms with van der Waals surface area (Å²) in [6, 6.07) is 10.1. The van der Waals surface area contributed by atoms with Crippen molar-refractivity contribution in [3.05, 3.63) is 53.6 Å². The van der Waals surface area contributed by atoms with Gasteiger partial charge in [-0.25, -0.2) is 17.9 Å². The molecule has 0 saturated carbocycles. The zero-order valence-electron chi connectivity index (χ0n) is 13.7. The lowest BCUT2D eigenvalue weighted by Crippen LogP contribution is -2.34. The number of nitrogens with one attached hydrogen (secondary N) is 2. The fourth-order valence-corrected chi connectivity index (χ4v) is 3.43. The molecule has 0 spiro atoms. The van der Waals surface area contributed by atoms with Crippen LogP contribution in [-0.2, 0) is 21.4 Å². The molecule has 2 aromatic carbocycles. The van der Waals surface area contributed by atoms with E-state index in [0.29, 0.717) is 17.0 Å². The Morgan fingerprint density at radius 3 is 2.58 bits per heavy atom. The minimum absolute atomic E-state index is 0.000783. The van der Waals surface area contributed by atoms with Crippen LogP contribution in [0.15, 0.2) is 47.4 Å². The van der Waals surface area contributed by atoms with E-state index in [-0.39, 0.29) is 22.9 Å². The van der Waals surface area contributed by atoms with Gasteiger partial charge in [0.2, 0.25) is 10.0 Å². The van der Waals surface area contributed by atoms with Crippen LogP contribution in [0.4, 0.5) is 5.69 Å². The lowest BCUT2D eigenvalue weighted by molar-refractivity contribution is -0.122. The van der Waals surface area contributed by atoms with Crippen LogP contribution in [0.5, 0.6) is 5.75 Å². The second kappa shape index (κ2) is 6.77.